The molecule has 6 heteroatoms. The van der Waals surface area contributed by atoms with E-state index in [1.165, 1.54) is 5.56 Å². The van der Waals surface area contributed by atoms with Gasteiger partial charge in [-0.15, -0.1) is 12.4 Å². The lowest BCUT2D eigenvalue weighted by molar-refractivity contribution is -0.123. The molecule has 2 unspecified atom stereocenters. The quantitative estimate of drug-likeness (QED) is 0.850. The molecule has 2 fully saturated rings. The molecule has 3 rings (SSSR count). The van der Waals surface area contributed by atoms with Crippen molar-refractivity contribution in [2.75, 3.05) is 39.4 Å². The molecule has 5 nitrogen and oxygen atoms in total. The Bertz CT molecular complexity index is 474. The maximum absolute atomic E-state index is 12.2. The number of ether oxygens (including phenoxy) is 1. The summed E-state index contributed by atoms with van der Waals surface area (Å²) in [7, 11) is 0. The molecule has 128 valence electrons. The van der Waals surface area contributed by atoms with Crippen LogP contribution in [-0.2, 0) is 9.53 Å². The minimum Gasteiger partial charge on any atom is -0.379 e. The van der Waals surface area contributed by atoms with Gasteiger partial charge in [-0.3, -0.25) is 9.69 Å². The first kappa shape index (κ1) is 18.2. The van der Waals surface area contributed by atoms with E-state index >= 15 is 0 Å². The van der Waals surface area contributed by atoms with Crippen LogP contribution in [0.15, 0.2) is 30.3 Å². The van der Waals surface area contributed by atoms with Gasteiger partial charge in [-0.1, -0.05) is 30.3 Å². The normalized spacial score (nSPS) is 23.0. The first-order chi connectivity index (χ1) is 10.8. The molecule has 0 aliphatic carbocycles. The van der Waals surface area contributed by atoms with E-state index in [9.17, 15) is 4.79 Å². The van der Waals surface area contributed by atoms with Gasteiger partial charge in [-0.25, -0.2) is 0 Å². The van der Waals surface area contributed by atoms with Crippen molar-refractivity contribution in [2.45, 2.75) is 24.9 Å². The van der Waals surface area contributed by atoms with E-state index in [2.05, 4.69) is 39.8 Å². The summed E-state index contributed by atoms with van der Waals surface area (Å²) in [4.78, 5) is 14.7. The summed E-state index contributed by atoms with van der Waals surface area (Å²) < 4.78 is 5.45. The monoisotopic (exact) mass is 339 g/mol. The lowest BCUT2D eigenvalue weighted by Crippen LogP contribution is -2.47. The van der Waals surface area contributed by atoms with Gasteiger partial charge in [0.1, 0.15) is 0 Å². The highest BCUT2D eigenvalue weighted by Gasteiger charge is 2.26. The Morgan fingerprint density at radius 3 is 2.70 bits per heavy atom. The Hall–Kier alpha value is -1.14. The van der Waals surface area contributed by atoms with Gasteiger partial charge in [0.05, 0.1) is 25.3 Å². The van der Waals surface area contributed by atoms with Crippen molar-refractivity contribution in [3.8, 4) is 0 Å². The second-order valence-electron chi connectivity index (χ2n) is 5.97. The highest BCUT2D eigenvalue weighted by atomic mass is 35.5. The largest absolute Gasteiger partial charge is 0.379 e. The van der Waals surface area contributed by atoms with Crippen molar-refractivity contribution >= 4 is 18.3 Å². The van der Waals surface area contributed by atoms with E-state index in [0.717, 1.165) is 45.7 Å². The van der Waals surface area contributed by atoms with Gasteiger partial charge in [-0.05, 0) is 24.9 Å². The third-order valence-electron chi connectivity index (χ3n) is 4.52. The molecule has 2 heterocycles. The number of halogens is 1. The molecule has 1 amide bonds. The molecule has 2 saturated heterocycles. The van der Waals surface area contributed by atoms with Crippen LogP contribution < -0.4 is 10.6 Å². The van der Waals surface area contributed by atoms with Crippen LogP contribution in [0.4, 0.5) is 0 Å². The van der Waals surface area contributed by atoms with Crippen LogP contribution in [0.25, 0.3) is 0 Å². The van der Waals surface area contributed by atoms with Gasteiger partial charge in [0.25, 0.3) is 0 Å². The van der Waals surface area contributed by atoms with Crippen LogP contribution in [0.2, 0.25) is 0 Å². The van der Waals surface area contributed by atoms with Crippen LogP contribution in [0.3, 0.4) is 0 Å². The number of nitrogens with zero attached hydrogens (tertiary/aromatic N) is 1. The Morgan fingerprint density at radius 2 is 2.04 bits per heavy atom. The fourth-order valence-electron chi connectivity index (χ4n) is 3.25. The second kappa shape index (κ2) is 9.23. The van der Waals surface area contributed by atoms with Crippen LogP contribution in [-0.4, -0.2) is 56.2 Å². The number of carbonyl (C=O) groups excluding carboxylic acids is 1. The number of rotatable bonds is 5. The van der Waals surface area contributed by atoms with E-state index < -0.39 is 0 Å². The van der Waals surface area contributed by atoms with Crippen LogP contribution in [0.1, 0.15) is 24.4 Å². The second-order valence-corrected chi connectivity index (χ2v) is 5.97. The molecule has 2 aliphatic rings. The third-order valence-corrected chi connectivity index (χ3v) is 4.52. The van der Waals surface area contributed by atoms with Crippen LogP contribution in [0.5, 0.6) is 0 Å². The molecule has 2 N–H and O–H groups in total. The summed E-state index contributed by atoms with van der Waals surface area (Å²) in [6.45, 7) is 4.96. The first-order valence-corrected chi connectivity index (χ1v) is 8.22. The summed E-state index contributed by atoms with van der Waals surface area (Å²) in [5, 5.41) is 6.39. The van der Waals surface area contributed by atoms with Gasteiger partial charge >= 0.3 is 0 Å². The molecule has 0 spiro atoms. The summed E-state index contributed by atoms with van der Waals surface area (Å²) in [6.07, 6.45) is 2.03. The van der Waals surface area contributed by atoms with Gasteiger partial charge in [0, 0.05) is 19.6 Å². The number of benzene rings is 1. The molecule has 0 radical (unpaired) electrons. The van der Waals surface area contributed by atoms with Crippen LogP contribution in [0, 0.1) is 0 Å². The summed E-state index contributed by atoms with van der Waals surface area (Å²) in [6, 6.07) is 10.6. The predicted molar refractivity (Wildman–Crippen MR) is 92.9 cm³/mol. The van der Waals surface area contributed by atoms with Gasteiger partial charge < -0.3 is 15.4 Å². The van der Waals surface area contributed by atoms with E-state index in [1.807, 2.05) is 6.07 Å². The standard InChI is InChI=1S/C17H25N3O2.ClH/c21-17(15-7-4-8-18-15)19-13-16(14-5-2-1-3-6-14)20-9-11-22-12-10-20;/h1-3,5-6,15-16,18H,4,7-13H2,(H,19,21);1H. The summed E-state index contributed by atoms with van der Waals surface area (Å²) in [5.74, 6) is 0.131. The molecule has 1 aromatic rings. The zero-order valence-corrected chi connectivity index (χ0v) is 14.2. The van der Waals surface area contributed by atoms with Crippen molar-refractivity contribution in [1.29, 1.82) is 0 Å². The molecule has 2 atom stereocenters. The lowest BCUT2D eigenvalue weighted by Gasteiger charge is -2.35. The van der Waals surface area contributed by atoms with Crippen LogP contribution >= 0.6 is 12.4 Å². The molecule has 0 aromatic heterocycles. The fraction of sp³-hybridized carbons (Fsp3) is 0.588. The number of hydrogen-bond donors (Lipinski definition) is 2. The van der Waals surface area contributed by atoms with E-state index in [1.54, 1.807) is 0 Å². The fourth-order valence-corrected chi connectivity index (χ4v) is 3.25. The zero-order valence-electron chi connectivity index (χ0n) is 13.4. The molecule has 23 heavy (non-hydrogen) atoms. The number of morpholine rings is 1. The average molecular weight is 340 g/mol. The number of nitrogens with one attached hydrogen (secondary N) is 2. The van der Waals surface area contributed by atoms with E-state index in [4.69, 9.17) is 4.74 Å². The van der Waals surface area contributed by atoms with Crippen molar-refractivity contribution in [3.05, 3.63) is 35.9 Å². The molecule has 0 bridgehead atoms. The van der Waals surface area contributed by atoms with Crippen molar-refractivity contribution in [1.82, 2.24) is 15.5 Å². The Morgan fingerprint density at radius 1 is 1.30 bits per heavy atom. The highest BCUT2D eigenvalue weighted by Crippen LogP contribution is 2.21. The van der Waals surface area contributed by atoms with Gasteiger partial charge in [0.15, 0.2) is 0 Å². The number of carbonyl (C=O) groups is 1. The first-order valence-electron chi connectivity index (χ1n) is 8.22. The summed E-state index contributed by atoms with van der Waals surface area (Å²) in [5.41, 5.74) is 1.25. The average Bonchev–Trinajstić information content (AvgIpc) is 3.11. The minimum absolute atomic E-state index is 0. The van der Waals surface area contributed by atoms with E-state index in [0.29, 0.717) is 6.54 Å². The SMILES string of the molecule is Cl.O=C(NCC(c1ccccc1)N1CCOCC1)C1CCCN1. The Balaban J connectivity index is 0.00000192. The summed E-state index contributed by atoms with van der Waals surface area (Å²) >= 11 is 0. The smallest absolute Gasteiger partial charge is 0.237 e. The van der Waals surface area contributed by atoms with Gasteiger partial charge in [-0.2, -0.15) is 0 Å². The Kier molecular flexibility index (Phi) is 7.30. The predicted octanol–water partition coefficient (Wildman–Crippen LogP) is 1.35. The lowest BCUT2D eigenvalue weighted by atomic mass is 10.0. The minimum atomic E-state index is -0.0129. The molecule has 1 aromatic carbocycles. The molecule has 2 aliphatic heterocycles. The zero-order chi connectivity index (χ0) is 15.2. The topological polar surface area (TPSA) is 53.6 Å². The number of hydrogen-bond acceptors (Lipinski definition) is 4. The molecular formula is C17H26ClN3O2. The number of amides is 1. The van der Waals surface area contributed by atoms with E-state index in [-0.39, 0.29) is 30.4 Å². The Labute approximate surface area is 144 Å². The van der Waals surface area contributed by atoms with Crippen molar-refractivity contribution in [3.63, 3.8) is 0 Å². The maximum Gasteiger partial charge on any atom is 0.237 e. The highest BCUT2D eigenvalue weighted by molar-refractivity contribution is 5.85. The maximum atomic E-state index is 12.2. The molecular weight excluding hydrogens is 314 g/mol. The molecule has 0 saturated carbocycles. The third kappa shape index (κ3) is 4.91. The van der Waals surface area contributed by atoms with Crippen molar-refractivity contribution < 1.29 is 9.53 Å². The van der Waals surface area contributed by atoms with Crippen molar-refractivity contribution in [2.24, 2.45) is 0 Å². The van der Waals surface area contributed by atoms with Gasteiger partial charge in [0.2, 0.25) is 5.91 Å².